The van der Waals surface area contributed by atoms with Gasteiger partial charge in [0.25, 0.3) is 0 Å². The quantitative estimate of drug-likeness (QED) is 0.675. The van der Waals surface area contributed by atoms with Crippen molar-refractivity contribution in [1.29, 1.82) is 0 Å². The van der Waals surface area contributed by atoms with E-state index in [4.69, 9.17) is 10.2 Å². The standard InChI is InChI=1S/C10H12O4/c1-5(2)9-7(10(13)14)3-6(11)4-8(9)12/h3-5,11-12H,1-2H3,(H,13,14). The van der Waals surface area contributed by atoms with E-state index in [-0.39, 0.29) is 23.0 Å². The second-order valence-electron chi connectivity index (χ2n) is 3.39. The number of hydrogen-bond acceptors (Lipinski definition) is 3. The lowest BCUT2D eigenvalue weighted by Gasteiger charge is -2.12. The molecule has 0 saturated carbocycles. The van der Waals surface area contributed by atoms with Crippen molar-refractivity contribution < 1.29 is 20.1 Å². The van der Waals surface area contributed by atoms with Gasteiger partial charge in [0, 0.05) is 11.6 Å². The number of hydrogen-bond donors (Lipinski definition) is 3. The molecular formula is C10H12O4. The molecular weight excluding hydrogens is 184 g/mol. The molecule has 0 fully saturated rings. The van der Waals surface area contributed by atoms with Gasteiger partial charge in [-0.25, -0.2) is 4.79 Å². The van der Waals surface area contributed by atoms with Crippen LogP contribution in [-0.2, 0) is 0 Å². The fourth-order valence-electron chi connectivity index (χ4n) is 1.41. The van der Waals surface area contributed by atoms with E-state index in [9.17, 15) is 9.90 Å². The normalized spacial score (nSPS) is 10.5. The van der Waals surface area contributed by atoms with Crippen molar-refractivity contribution in [3.05, 3.63) is 23.3 Å². The van der Waals surface area contributed by atoms with Gasteiger partial charge in [0.2, 0.25) is 0 Å². The van der Waals surface area contributed by atoms with E-state index < -0.39 is 5.97 Å². The molecule has 76 valence electrons. The lowest BCUT2D eigenvalue weighted by molar-refractivity contribution is 0.0694. The van der Waals surface area contributed by atoms with Crippen LogP contribution in [0.3, 0.4) is 0 Å². The first kappa shape index (κ1) is 10.4. The molecule has 0 heterocycles. The Kier molecular flexibility index (Phi) is 2.65. The van der Waals surface area contributed by atoms with E-state index in [1.807, 2.05) is 0 Å². The Morgan fingerprint density at radius 3 is 2.29 bits per heavy atom. The molecule has 0 bridgehead atoms. The SMILES string of the molecule is CC(C)c1c(O)cc(O)cc1C(=O)O. The molecule has 4 heteroatoms. The second-order valence-corrected chi connectivity index (χ2v) is 3.39. The summed E-state index contributed by atoms with van der Waals surface area (Å²) in [6.45, 7) is 3.55. The lowest BCUT2D eigenvalue weighted by Crippen LogP contribution is -2.04. The number of carbonyl (C=O) groups is 1. The Labute approximate surface area is 81.4 Å². The number of rotatable bonds is 2. The number of aromatic hydroxyl groups is 2. The molecule has 0 aliphatic carbocycles. The van der Waals surface area contributed by atoms with Gasteiger partial charge in [0.05, 0.1) is 5.56 Å². The van der Waals surface area contributed by atoms with Gasteiger partial charge in [-0.2, -0.15) is 0 Å². The highest BCUT2D eigenvalue weighted by atomic mass is 16.4. The van der Waals surface area contributed by atoms with Crippen molar-refractivity contribution in [1.82, 2.24) is 0 Å². The Hall–Kier alpha value is -1.71. The molecule has 14 heavy (non-hydrogen) atoms. The molecule has 0 saturated heterocycles. The molecule has 0 atom stereocenters. The number of phenols is 2. The molecule has 0 spiro atoms. The zero-order valence-corrected chi connectivity index (χ0v) is 7.98. The van der Waals surface area contributed by atoms with Crippen LogP contribution in [0.15, 0.2) is 12.1 Å². The number of aromatic carboxylic acids is 1. The fraction of sp³-hybridized carbons (Fsp3) is 0.300. The summed E-state index contributed by atoms with van der Waals surface area (Å²) in [6, 6.07) is 2.28. The first-order valence-electron chi connectivity index (χ1n) is 4.22. The number of carboxylic acid groups (broad SMARTS) is 1. The highest BCUT2D eigenvalue weighted by Crippen LogP contribution is 2.32. The van der Waals surface area contributed by atoms with Gasteiger partial charge in [0.1, 0.15) is 11.5 Å². The summed E-state index contributed by atoms with van der Waals surface area (Å²) in [6.07, 6.45) is 0. The predicted octanol–water partition coefficient (Wildman–Crippen LogP) is 1.92. The Morgan fingerprint density at radius 1 is 1.29 bits per heavy atom. The highest BCUT2D eigenvalue weighted by molar-refractivity contribution is 5.91. The average molecular weight is 196 g/mol. The third kappa shape index (κ3) is 1.79. The van der Waals surface area contributed by atoms with Crippen molar-refractivity contribution in [3.63, 3.8) is 0 Å². The van der Waals surface area contributed by atoms with Gasteiger partial charge < -0.3 is 15.3 Å². The minimum Gasteiger partial charge on any atom is -0.508 e. The maximum atomic E-state index is 10.8. The van der Waals surface area contributed by atoms with Crippen LogP contribution in [0.25, 0.3) is 0 Å². The molecule has 0 amide bonds. The number of phenolic OH excluding ortho intramolecular Hbond substituents is 2. The fourth-order valence-corrected chi connectivity index (χ4v) is 1.41. The Bertz CT molecular complexity index is 369. The smallest absolute Gasteiger partial charge is 0.336 e. The summed E-state index contributed by atoms with van der Waals surface area (Å²) >= 11 is 0. The number of carboxylic acids is 1. The minimum absolute atomic E-state index is 0.0579. The highest BCUT2D eigenvalue weighted by Gasteiger charge is 2.18. The largest absolute Gasteiger partial charge is 0.508 e. The maximum absolute atomic E-state index is 10.8. The third-order valence-electron chi connectivity index (χ3n) is 1.95. The topological polar surface area (TPSA) is 77.8 Å². The van der Waals surface area contributed by atoms with Crippen LogP contribution in [0.5, 0.6) is 11.5 Å². The van der Waals surface area contributed by atoms with Crippen molar-refractivity contribution in [2.45, 2.75) is 19.8 Å². The first-order chi connectivity index (χ1) is 6.43. The van der Waals surface area contributed by atoms with Crippen LogP contribution in [0, 0.1) is 0 Å². The maximum Gasteiger partial charge on any atom is 0.336 e. The zero-order valence-electron chi connectivity index (χ0n) is 7.98. The third-order valence-corrected chi connectivity index (χ3v) is 1.95. The van der Waals surface area contributed by atoms with Gasteiger partial charge in [-0.1, -0.05) is 13.8 Å². The Morgan fingerprint density at radius 2 is 1.86 bits per heavy atom. The van der Waals surface area contributed by atoms with Crippen LogP contribution >= 0.6 is 0 Å². The van der Waals surface area contributed by atoms with Gasteiger partial charge >= 0.3 is 5.97 Å². The molecule has 1 aromatic carbocycles. The van der Waals surface area contributed by atoms with Gasteiger partial charge in [-0.15, -0.1) is 0 Å². The van der Waals surface area contributed by atoms with E-state index in [1.165, 1.54) is 0 Å². The van der Waals surface area contributed by atoms with Crippen LogP contribution in [0.2, 0.25) is 0 Å². The summed E-state index contributed by atoms with van der Waals surface area (Å²) in [7, 11) is 0. The molecule has 0 aromatic heterocycles. The van der Waals surface area contributed by atoms with E-state index in [2.05, 4.69) is 0 Å². The predicted molar refractivity (Wildman–Crippen MR) is 50.8 cm³/mol. The van der Waals surface area contributed by atoms with Crippen molar-refractivity contribution in [2.75, 3.05) is 0 Å². The summed E-state index contributed by atoms with van der Waals surface area (Å²) in [5.74, 6) is -1.69. The summed E-state index contributed by atoms with van der Waals surface area (Å²) in [4.78, 5) is 10.8. The minimum atomic E-state index is -1.15. The summed E-state index contributed by atoms with van der Waals surface area (Å²) in [5.41, 5.74) is 0.285. The average Bonchev–Trinajstić information content (AvgIpc) is 2.01. The zero-order chi connectivity index (χ0) is 10.9. The monoisotopic (exact) mass is 196 g/mol. The summed E-state index contributed by atoms with van der Waals surface area (Å²) < 4.78 is 0. The molecule has 0 radical (unpaired) electrons. The van der Waals surface area contributed by atoms with Gasteiger partial charge in [-0.3, -0.25) is 0 Å². The van der Waals surface area contributed by atoms with E-state index in [0.717, 1.165) is 12.1 Å². The molecule has 4 nitrogen and oxygen atoms in total. The molecule has 0 aliphatic rings. The van der Waals surface area contributed by atoms with Crippen LogP contribution in [0.4, 0.5) is 0 Å². The van der Waals surface area contributed by atoms with Crippen molar-refractivity contribution in [3.8, 4) is 11.5 Å². The molecule has 1 aromatic rings. The first-order valence-corrected chi connectivity index (χ1v) is 4.22. The summed E-state index contributed by atoms with van der Waals surface area (Å²) in [5, 5.41) is 27.4. The van der Waals surface area contributed by atoms with E-state index >= 15 is 0 Å². The van der Waals surface area contributed by atoms with Crippen molar-refractivity contribution >= 4 is 5.97 Å². The lowest BCUT2D eigenvalue weighted by atomic mass is 9.96. The van der Waals surface area contributed by atoms with E-state index in [0.29, 0.717) is 5.56 Å². The molecule has 1 rings (SSSR count). The molecule has 0 aliphatic heterocycles. The van der Waals surface area contributed by atoms with Crippen LogP contribution in [-0.4, -0.2) is 21.3 Å². The second kappa shape index (κ2) is 3.57. The van der Waals surface area contributed by atoms with Crippen molar-refractivity contribution in [2.24, 2.45) is 0 Å². The Balaban J connectivity index is 3.44. The van der Waals surface area contributed by atoms with Crippen LogP contribution < -0.4 is 0 Å². The molecule has 0 unspecified atom stereocenters. The molecule has 3 N–H and O–H groups in total. The van der Waals surface area contributed by atoms with E-state index in [1.54, 1.807) is 13.8 Å². The van der Waals surface area contributed by atoms with Crippen LogP contribution in [0.1, 0.15) is 35.7 Å². The van der Waals surface area contributed by atoms with Gasteiger partial charge in [0.15, 0.2) is 0 Å². The van der Waals surface area contributed by atoms with Gasteiger partial charge in [-0.05, 0) is 12.0 Å². The number of benzene rings is 1.